The van der Waals surface area contributed by atoms with Gasteiger partial charge in [-0.15, -0.1) is 0 Å². The summed E-state index contributed by atoms with van der Waals surface area (Å²) in [6, 6.07) is 8.92. The quantitative estimate of drug-likeness (QED) is 0.827. The third-order valence-corrected chi connectivity index (χ3v) is 3.49. The maximum Gasteiger partial charge on any atom is 0.325 e. The SMILES string of the molecule is CC(NC(=O)C(C)(C)N(C)Cc1ccccc1)C(=O)O. The third-order valence-electron chi connectivity index (χ3n) is 3.49. The average molecular weight is 278 g/mol. The Morgan fingerprint density at radius 2 is 1.85 bits per heavy atom. The van der Waals surface area contributed by atoms with E-state index in [0.29, 0.717) is 6.54 Å². The highest BCUT2D eigenvalue weighted by molar-refractivity contribution is 5.89. The number of nitrogens with one attached hydrogen (secondary N) is 1. The molecule has 0 saturated carbocycles. The summed E-state index contributed by atoms with van der Waals surface area (Å²) in [6.07, 6.45) is 0. The van der Waals surface area contributed by atoms with Crippen LogP contribution >= 0.6 is 0 Å². The molecule has 2 N–H and O–H groups in total. The van der Waals surface area contributed by atoms with Crippen LogP contribution in [0.4, 0.5) is 0 Å². The molecule has 0 heterocycles. The summed E-state index contributed by atoms with van der Waals surface area (Å²) in [5.41, 5.74) is 0.307. The summed E-state index contributed by atoms with van der Waals surface area (Å²) in [5, 5.41) is 11.3. The van der Waals surface area contributed by atoms with Gasteiger partial charge in [-0.2, -0.15) is 0 Å². The summed E-state index contributed by atoms with van der Waals surface area (Å²) in [4.78, 5) is 24.9. The van der Waals surface area contributed by atoms with Gasteiger partial charge in [0.25, 0.3) is 0 Å². The summed E-state index contributed by atoms with van der Waals surface area (Å²) in [7, 11) is 1.85. The summed E-state index contributed by atoms with van der Waals surface area (Å²) in [5.74, 6) is -1.34. The molecule has 1 atom stereocenters. The van der Waals surface area contributed by atoms with Crippen molar-refractivity contribution < 1.29 is 14.7 Å². The normalized spacial score (nSPS) is 13.1. The number of hydrogen-bond donors (Lipinski definition) is 2. The molecule has 0 spiro atoms. The van der Waals surface area contributed by atoms with E-state index in [4.69, 9.17) is 5.11 Å². The fourth-order valence-corrected chi connectivity index (χ4v) is 1.66. The lowest BCUT2D eigenvalue weighted by atomic mass is 10.0. The molecule has 5 nitrogen and oxygen atoms in total. The van der Waals surface area contributed by atoms with Crippen LogP contribution in [0.2, 0.25) is 0 Å². The maximum atomic E-state index is 12.2. The van der Waals surface area contributed by atoms with Crippen molar-refractivity contribution in [3.8, 4) is 0 Å². The van der Waals surface area contributed by atoms with Crippen LogP contribution in [-0.4, -0.2) is 40.5 Å². The van der Waals surface area contributed by atoms with Crippen LogP contribution in [-0.2, 0) is 16.1 Å². The number of benzene rings is 1. The Kier molecular flexibility index (Phi) is 5.27. The Morgan fingerprint density at radius 3 is 2.35 bits per heavy atom. The Labute approximate surface area is 119 Å². The Morgan fingerprint density at radius 1 is 1.30 bits per heavy atom. The lowest BCUT2D eigenvalue weighted by Gasteiger charge is -2.34. The Bertz CT molecular complexity index is 471. The van der Waals surface area contributed by atoms with E-state index < -0.39 is 17.6 Å². The van der Waals surface area contributed by atoms with Gasteiger partial charge < -0.3 is 10.4 Å². The van der Waals surface area contributed by atoms with Crippen LogP contribution in [0.15, 0.2) is 30.3 Å². The van der Waals surface area contributed by atoms with Gasteiger partial charge in [0, 0.05) is 6.54 Å². The van der Waals surface area contributed by atoms with Gasteiger partial charge in [0.15, 0.2) is 0 Å². The zero-order chi connectivity index (χ0) is 15.3. The minimum absolute atomic E-state index is 0.300. The van der Waals surface area contributed by atoms with Crippen molar-refractivity contribution >= 4 is 11.9 Å². The highest BCUT2D eigenvalue weighted by Gasteiger charge is 2.33. The zero-order valence-corrected chi connectivity index (χ0v) is 12.4. The standard InChI is InChI=1S/C15H22N2O3/c1-11(13(18)19)16-14(20)15(2,3)17(4)10-12-8-6-5-7-9-12/h5-9,11H,10H2,1-4H3,(H,16,20)(H,18,19). The summed E-state index contributed by atoms with van der Waals surface area (Å²) in [6.45, 7) is 5.62. The van der Waals surface area contributed by atoms with Gasteiger partial charge in [0.2, 0.25) is 5.91 Å². The number of amides is 1. The van der Waals surface area contributed by atoms with Gasteiger partial charge >= 0.3 is 5.97 Å². The molecule has 0 fully saturated rings. The van der Waals surface area contributed by atoms with E-state index in [2.05, 4.69) is 5.32 Å². The molecule has 0 aliphatic carbocycles. The van der Waals surface area contributed by atoms with E-state index in [0.717, 1.165) is 5.56 Å². The summed E-state index contributed by atoms with van der Waals surface area (Å²) < 4.78 is 0. The van der Waals surface area contributed by atoms with E-state index in [-0.39, 0.29) is 5.91 Å². The number of hydrogen-bond acceptors (Lipinski definition) is 3. The van der Waals surface area contributed by atoms with Gasteiger partial charge in [-0.1, -0.05) is 30.3 Å². The van der Waals surface area contributed by atoms with E-state index >= 15 is 0 Å². The molecule has 110 valence electrons. The number of aliphatic carboxylic acids is 1. The molecule has 1 amide bonds. The van der Waals surface area contributed by atoms with Crippen molar-refractivity contribution in [3.63, 3.8) is 0 Å². The molecule has 20 heavy (non-hydrogen) atoms. The number of carboxylic acid groups (broad SMARTS) is 1. The van der Waals surface area contributed by atoms with Crippen LogP contribution in [0.3, 0.4) is 0 Å². The largest absolute Gasteiger partial charge is 0.480 e. The van der Waals surface area contributed by atoms with E-state index in [1.807, 2.05) is 42.3 Å². The monoisotopic (exact) mass is 278 g/mol. The van der Waals surface area contributed by atoms with E-state index in [1.165, 1.54) is 6.92 Å². The number of carbonyl (C=O) groups is 2. The van der Waals surface area contributed by atoms with Gasteiger partial charge in [-0.25, -0.2) is 0 Å². The van der Waals surface area contributed by atoms with Gasteiger partial charge in [0.05, 0.1) is 5.54 Å². The van der Waals surface area contributed by atoms with Gasteiger partial charge in [-0.05, 0) is 33.4 Å². The molecule has 0 aliphatic heterocycles. The van der Waals surface area contributed by atoms with Crippen LogP contribution in [0.1, 0.15) is 26.3 Å². The second kappa shape index (κ2) is 6.52. The van der Waals surface area contributed by atoms with Crippen LogP contribution in [0, 0.1) is 0 Å². The highest BCUT2D eigenvalue weighted by atomic mass is 16.4. The van der Waals surface area contributed by atoms with Crippen molar-refractivity contribution in [1.29, 1.82) is 0 Å². The van der Waals surface area contributed by atoms with Gasteiger partial charge in [-0.3, -0.25) is 14.5 Å². The number of likely N-dealkylation sites (N-methyl/N-ethyl adjacent to an activating group) is 1. The zero-order valence-electron chi connectivity index (χ0n) is 12.4. The number of carbonyl (C=O) groups excluding carboxylic acids is 1. The molecular formula is C15H22N2O3. The molecule has 1 aromatic carbocycles. The first-order valence-corrected chi connectivity index (χ1v) is 6.54. The fourth-order valence-electron chi connectivity index (χ4n) is 1.66. The Hall–Kier alpha value is -1.88. The second-order valence-electron chi connectivity index (χ2n) is 5.43. The van der Waals surface area contributed by atoms with Crippen molar-refractivity contribution in [2.45, 2.75) is 38.9 Å². The average Bonchev–Trinajstić information content (AvgIpc) is 2.39. The highest BCUT2D eigenvalue weighted by Crippen LogP contribution is 2.16. The molecule has 1 aromatic rings. The molecule has 0 aromatic heterocycles. The van der Waals surface area contributed by atoms with Crippen LogP contribution < -0.4 is 5.32 Å². The Balaban J connectivity index is 2.71. The molecule has 5 heteroatoms. The van der Waals surface area contributed by atoms with Gasteiger partial charge in [0.1, 0.15) is 6.04 Å². The lowest BCUT2D eigenvalue weighted by Crippen LogP contribution is -2.55. The smallest absolute Gasteiger partial charge is 0.325 e. The lowest BCUT2D eigenvalue weighted by molar-refractivity contribution is -0.143. The molecule has 0 aliphatic rings. The van der Waals surface area contributed by atoms with Crippen molar-refractivity contribution in [2.24, 2.45) is 0 Å². The van der Waals surface area contributed by atoms with Crippen LogP contribution in [0.5, 0.6) is 0 Å². The molecule has 0 bridgehead atoms. The topological polar surface area (TPSA) is 69.6 Å². The first-order chi connectivity index (χ1) is 9.25. The van der Waals surface area contributed by atoms with Crippen LogP contribution in [0.25, 0.3) is 0 Å². The van der Waals surface area contributed by atoms with Crippen molar-refractivity contribution in [1.82, 2.24) is 10.2 Å². The maximum absolute atomic E-state index is 12.2. The van der Waals surface area contributed by atoms with E-state index in [9.17, 15) is 9.59 Å². The minimum Gasteiger partial charge on any atom is -0.480 e. The minimum atomic E-state index is -1.04. The van der Waals surface area contributed by atoms with Crippen molar-refractivity contribution in [3.05, 3.63) is 35.9 Å². The first kappa shape index (κ1) is 16.2. The predicted molar refractivity (Wildman–Crippen MR) is 77.2 cm³/mol. The molecule has 0 saturated heterocycles. The third kappa shape index (κ3) is 4.06. The second-order valence-corrected chi connectivity index (χ2v) is 5.43. The van der Waals surface area contributed by atoms with E-state index in [1.54, 1.807) is 13.8 Å². The summed E-state index contributed by atoms with van der Waals surface area (Å²) >= 11 is 0. The number of carboxylic acids is 1. The number of rotatable bonds is 6. The number of nitrogens with zero attached hydrogens (tertiary/aromatic N) is 1. The predicted octanol–water partition coefficient (Wildman–Crippen LogP) is 1.49. The fraction of sp³-hybridized carbons (Fsp3) is 0.467. The molecule has 0 radical (unpaired) electrons. The molecule has 1 rings (SSSR count). The molecular weight excluding hydrogens is 256 g/mol. The first-order valence-electron chi connectivity index (χ1n) is 6.54. The van der Waals surface area contributed by atoms with Crippen molar-refractivity contribution in [2.75, 3.05) is 7.05 Å². The molecule has 1 unspecified atom stereocenters.